The number of amides is 1. The second kappa shape index (κ2) is 6.93. The van der Waals surface area contributed by atoms with Crippen molar-refractivity contribution in [3.05, 3.63) is 65.7 Å². The molecule has 25 heavy (non-hydrogen) atoms. The lowest BCUT2D eigenvalue weighted by Crippen LogP contribution is -2.26. The Bertz CT molecular complexity index is 978. The SMILES string of the molecule is CC(NS(=O)(=O)c1cc2ccccc2s1)c1ccc(C(=O)NO)cc1. The van der Waals surface area contributed by atoms with E-state index in [2.05, 4.69) is 4.72 Å². The Morgan fingerprint density at radius 1 is 1.12 bits per heavy atom. The van der Waals surface area contributed by atoms with E-state index in [1.165, 1.54) is 23.5 Å². The van der Waals surface area contributed by atoms with Crippen LogP contribution in [-0.4, -0.2) is 19.5 Å². The molecule has 0 aliphatic carbocycles. The van der Waals surface area contributed by atoms with E-state index in [-0.39, 0.29) is 9.77 Å². The smallest absolute Gasteiger partial charge is 0.274 e. The summed E-state index contributed by atoms with van der Waals surface area (Å²) in [5.41, 5.74) is 2.54. The van der Waals surface area contributed by atoms with E-state index in [1.54, 1.807) is 30.6 Å². The van der Waals surface area contributed by atoms with E-state index in [1.807, 2.05) is 24.3 Å². The maximum atomic E-state index is 12.6. The van der Waals surface area contributed by atoms with E-state index >= 15 is 0 Å². The Kier molecular flexibility index (Phi) is 4.87. The van der Waals surface area contributed by atoms with Crippen molar-refractivity contribution in [2.24, 2.45) is 0 Å². The number of carbonyl (C=O) groups is 1. The number of hydroxylamine groups is 1. The monoisotopic (exact) mass is 376 g/mol. The lowest BCUT2D eigenvalue weighted by molar-refractivity contribution is 0.0706. The van der Waals surface area contributed by atoms with Gasteiger partial charge in [0.1, 0.15) is 4.21 Å². The lowest BCUT2D eigenvalue weighted by Gasteiger charge is -2.14. The minimum absolute atomic E-state index is 0.261. The van der Waals surface area contributed by atoms with Crippen molar-refractivity contribution in [2.75, 3.05) is 0 Å². The predicted molar refractivity (Wildman–Crippen MR) is 96.3 cm³/mol. The predicted octanol–water partition coefficient (Wildman–Crippen LogP) is 3.06. The molecule has 0 fully saturated rings. The first-order valence-electron chi connectivity index (χ1n) is 7.46. The number of carbonyl (C=O) groups excluding carboxylic acids is 1. The van der Waals surface area contributed by atoms with Gasteiger partial charge in [0.05, 0.1) is 0 Å². The van der Waals surface area contributed by atoms with Crippen LogP contribution in [0.5, 0.6) is 0 Å². The molecule has 1 amide bonds. The van der Waals surface area contributed by atoms with Crippen molar-refractivity contribution < 1.29 is 18.4 Å². The molecular formula is C17H16N2O4S2. The van der Waals surface area contributed by atoms with Gasteiger partial charge in [-0.25, -0.2) is 18.6 Å². The molecule has 0 saturated heterocycles. The first kappa shape index (κ1) is 17.6. The van der Waals surface area contributed by atoms with Gasteiger partial charge in [-0.3, -0.25) is 10.0 Å². The van der Waals surface area contributed by atoms with Gasteiger partial charge in [-0.15, -0.1) is 11.3 Å². The van der Waals surface area contributed by atoms with E-state index in [0.717, 1.165) is 10.1 Å². The minimum atomic E-state index is -3.65. The van der Waals surface area contributed by atoms with Gasteiger partial charge in [-0.1, -0.05) is 30.3 Å². The molecule has 0 aliphatic rings. The molecular weight excluding hydrogens is 360 g/mol. The summed E-state index contributed by atoms with van der Waals surface area (Å²) in [7, 11) is -3.65. The summed E-state index contributed by atoms with van der Waals surface area (Å²) in [6.07, 6.45) is 0. The van der Waals surface area contributed by atoms with Crippen LogP contribution in [0.4, 0.5) is 0 Å². The summed E-state index contributed by atoms with van der Waals surface area (Å²) < 4.78 is 29.0. The molecule has 130 valence electrons. The molecule has 3 aromatic rings. The highest BCUT2D eigenvalue weighted by atomic mass is 32.2. The lowest BCUT2D eigenvalue weighted by atomic mass is 10.1. The Hall–Kier alpha value is -2.26. The third-order valence-electron chi connectivity index (χ3n) is 3.77. The van der Waals surface area contributed by atoms with E-state index < -0.39 is 22.0 Å². The van der Waals surface area contributed by atoms with Crippen molar-refractivity contribution in [2.45, 2.75) is 17.2 Å². The van der Waals surface area contributed by atoms with Gasteiger partial charge >= 0.3 is 0 Å². The highest BCUT2D eigenvalue weighted by molar-refractivity contribution is 7.91. The van der Waals surface area contributed by atoms with Crippen LogP contribution < -0.4 is 10.2 Å². The molecule has 8 heteroatoms. The fraction of sp³-hybridized carbons (Fsp3) is 0.118. The summed E-state index contributed by atoms with van der Waals surface area (Å²) in [5.74, 6) is -0.620. The fourth-order valence-electron chi connectivity index (χ4n) is 2.44. The first-order chi connectivity index (χ1) is 11.9. The average molecular weight is 376 g/mol. The number of hydrogen-bond donors (Lipinski definition) is 3. The molecule has 3 N–H and O–H groups in total. The van der Waals surface area contributed by atoms with Crippen LogP contribution in [0, 0.1) is 0 Å². The molecule has 0 spiro atoms. The van der Waals surface area contributed by atoms with Gasteiger partial charge in [0, 0.05) is 16.3 Å². The number of hydrogen-bond acceptors (Lipinski definition) is 5. The second-order valence-corrected chi connectivity index (χ2v) is 8.53. The van der Waals surface area contributed by atoms with Crippen LogP contribution in [0.15, 0.2) is 58.8 Å². The molecule has 0 saturated carbocycles. The Labute approximate surface area is 149 Å². The quantitative estimate of drug-likeness (QED) is 0.471. The highest BCUT2D eigenvalue weighted by Gasteiger charge is 2.21. The molecule has 1 aromatic heterocycles. The molecule has 6 nitrogen and oxygen atoms in total. The second-order valence-electron chi connectivity index (χ2n) is 5.51. The van der Waals surface area contributed by atoms with Crippen molar-refractivity contribution in [3.8, 4) is 0 Å². The summed E-state index contributed by atoms with van der Waals surface area (Å²) >= 11 is 1.22. The molecule has 1 unspecified atom stereocenters. The number of sulfonamides is 1. The summed E-state index contributed by atoms with van der Waals surface area (Å²) in [6.45, 7) is 1.73. The first-order valence-corrected chi connectivity index (χ1v) is 9.76. The fourth-order valence-corrected chi connectivity index (χ4v) is 5.08. The molecule has 0 radical (unpaired) electrons. The minimum Gasteiger partial charge on any atom is -0.288 e. The van der Waals surface area contributed by atoms with Gasteiger partial charge < -0.3 is 0 Å². The Morgan fingerprint density at radius 2 is 1.80 bits per heavy atom. The maximum Gasteiger partial charge on any atom is 0.274 e. The number of nitrogens with one attached hydrogen (secondary N) is 2. The number of thiophene rings is 1. The van der Waals surface area contributed by atoms with Gasteiger partial charge in [0.2, 0.25) is 0 Å². The largest absolute Gasteiger partial charge is 0.288 e. The summed E-state index contributed by atoms with van der Waals surface area (Å²) in [4.78, 5) is 11.3. The van der Waals surface area contributed by atoms with Crippen LogP contribution in [0.3, 0.4) is 0 Å². The van der Waals surface area contributed by atoms with Crippen LogP contribution in [0.25, 0.3) is 10.1 Å². The standard InChI is InChI=1S/C17H16N2O4S2/c1-11(12-6-8-13(9-7-12)17(20)18-21)19-25(22,23)16-10-14-4-2-3-5-15(14)24-16/h2-11,19,21H,1H3,(H,18,20). The molecule has 0 aliphatic heterocycles. The number of rotatable bonds is 5. The van der Waals surface area contributed by atoms with E-state index in [0.29, 0.717) is 5.56 Å². The Balaban J connectivity index is 1.81. The zero-order valence-corrected chi connectivity index (χ0v) is 14.9. The highest BCUT2D eigenvalue weighted by Crippen LogP contribution is 2.29. The maximum absolute atomic E-state index is 12.6. The van der Waals surface area contributed by atoms with Crippen LogP contribution in [-0.2, 0) is 10.0 Å². The van der Waals surface area contributed by atoms with E-state index in [9.17, 15) is 13.2 Å². The van der Waals surface area contributed by atoms with Crippen LogP contribution in [0.1, 0.15) is 28.9 Å². The molecule has 3 rings (SSSR count). The van der Waals surface area contributed by atoms with Crippen molar-refractivity contribution in [1.82, 2.24) is 10.2 Å². The topological polar surface area (TPSA) is 95.5 Å². The van der Waals surface area contributed by atoms with Crippen molar-refractivity contribution in [1.29, 1.82) is 0 Å². The molecule has 0 bridgehead atoms. The normalized spacial score (nSPS) is 12.9. The van der Waals surface area contributed by atoms with Crippen molar-refractivity contribution in [3.63, 3.8) is 0 Å². The van der Waals surface area contributed by atoms with Gasteiger partial charge in [0.25, 0.3) is 15.9 Å². The molecule has 1 atom stereocenters. The summed E-state index contributed by atoms with van der Waals surface area (Å²) in [6, 6.07) is 15.0. The Morgan fingerprint density at radius 3 is 2.44 bits per heavy atom. The van der Waals surface area contributed by atoms with Crippen molar-refractivity contribution >= 4 is 37.4 Å². The third kappa shape index (κ3) is 3.72. The van der Waals surface area contributed by atoms with Crippen LogP contribution in [0.2, 0.25) is 0 Å². The zero-order chi connectivity index (χ0) is 18.0. The number of benzene rings is 2. The number of fused-ring (bicyclic) bond motifs is 1. The third-order valence-corrected chi connectivity index (χ3v) is 6.90. The summed E-state index contributed by atoms with van der Waals surface area (Å²) in [5, 5.41) is 9.50. The molecule has 1 heterocycles. The van der Waals surface area contributed by atoms with Gasteiger partial charge in [-0.2, -0.15) is 0 Å². The van der Waals surface area contributed by atoms with E-state index in [4.69, 9.17) is 5.21 Å². The van der Waals surface area contributed by atoms with Gasteiger partial charge in [0.15, 0.2) is 0 Å². The van der Waals surface area contributed by atoms with Crippen LogP contribution >= 0.6 is 11.3 Å². The van der Waals surface area contributed by atoms with Gasteiger partial charge in [-0.05, 0) is 42.1 Å². The average Bonchev–Trinajstić information content (AvgIpc) is 3.06. The molecule has 2 aromatic carbocycles. The zero-order valence-electron chi connectivity index (χ0n) is 13.3.